The van der Waals surface area contributed by atoms with Gasteiger partial charge in [0.15, 0.2) is 0 Å². The smallest absolute Gasteiger partial charge is 0.291 e. The van der Waals surface area contributed by atoms with Crippen LogP contribution in [0.15, 0.2) is 48.5 Å². The van der Waals surface area contributed by atoms with E-state index in [1.54, 1.807) is 30.3 Å². The van der Waals surface area contributed by atoms with Crippen LogP contribution in [0.2, 0.25) is 10.0 Å². The van der Waals surface area contributed by atoms with Crippen molar-refractivity contribution in [1.82, 2.24) is 20.1 Å². The monoisotopic (exact) mass is 404 g/mol. The molecule has 8 heteroatoms. The van der Waals surface area contributed by atoms with Crippen molar-refractivity contribution in [3.8, 4) is 5.69 Å². The lowest BCUT2D eigenvalue weighted by molar-refractivity contribution is 0.0906. The zero-order valence-electron chi connectivity index (χ0n) is 14.6. The number of benzene rings is 2. The summed E-state index contributed by atoms with van der Waals surface area (Å²) >= 11 is 12.5. The van der Waals surface area contributed by atoms with Gasteiger partial charge in [0, 0.05) is 13.0 Å². The molecule has 1 unspecified atom stereocenters. The number of aliphatic hydroxyl groups is 1. The summed E-state index contributed by atoms with van der Waals surface area (Å²) in [5, 5.41) is 17.9. The average molecular weight is 405 g/mol. The first kappa shape index (κ1) is 19.4. The third-order valence-corrected chi connectivity index (χ3v) is 4.59. The van der Waals surface area contributed by atoms with E-state index in [2.05, 4.69) is 15.4 Å². The van der Waals surface area contributed by atoms with Crippen molar-refractivity contribution in [3.05, 3.63) is 75.8 Å². The van der Waals surface area contributed by atoms with Gasteiger partial charge in [0.25, 0.3) is 5.91 Å². The number of aryl methyl sites for hydroxylation is 1. The summed E-state index contributed by atoms with van der Waals surface area (Å²) in [5.74, 6) is 0.0588. The fourth-order valence-electron chi connectivity index (χ4n) is 2.60. The third kappa shape index (κ3) is 4.30. The number of para-hydroxylation sites is 1. The number of carbonyl (C=O) groups is 1. The molecule has 0 saturated carbocycles. The summed E-state index contributed by atoms with van der Waals surface area (Å²) in [4.78, 5) is 16.7. The summed E-state index contributed by atoms with van der Waals surface area (Å²) in [5.41, 5.74) is 1.20. The van der Waals surface area contributed by atoms with Gasteiger partial charge in [0.05, 0.1) is 16.1 Å². The second kappa shape index (κ2) is 8.52. The first-order valence-electron chi connectivity index (χ1n) is 8.42. The van der Waals surface area contributed by atoms with E-state index in [9.17, 15) is 9.90 Å². The lowest BCUT2D eigenvalue weighted by atomic mass is 10.1. The first-order valence-corrected chi connectivity index (χ1v) is 9.18. The molecule has 27 heavy (non-hydrogen) atoms. The van der Waals surface area contributed by atoms with Crippen LogP contribution < -0.4 is 5.32 Å². The van der Waals surface area contributed by atoms with Crippen LogP contribution in [0.3, 0.4) is 0 Å². The highest BCUT2D eigenvalue weighted by atomic mass is 35.5. The van der Waals surface area contributed by atoms with Gasteiger partial charge in [-0.2, -0.15) is 0 Å². The van der Waals surface area contributed by atoms with E-state index in [4.69, 9.17) is 23.2 Å². The van der Waals surface area contributed by atoms with Gasteiger partial charge in [-0.3, -0.25) is 4.79 Å². The van der Waals surface area contributed by atoms with Crippen LogP contribution in [-0.2, 0) is 6.42 Å². The Morgan fingerprint density at radius 3 is 2.44 bits per heavy atom. The van der Waals surface area contributed by atoms with Gasteiger partial charge in [0.1, 0.15) is 11.5 Å². The fraction of sp³-hybridized carbons (Fsp3) is 0.211. The first-order chi connectivity index (χ1) is 13.0. The molecule has 3 aromatic rings. The summed E-state index contributed by atoms with van der Waals surface area (Å²) < 4.78 is 1.48. The number of nitrogens with one attached hydrogen (secondary N) is 1. The molecular formula is C19H18Cl2N4O2. The molecule has 2 N–H and O–H groups in total. The van der Waals surface area contributed by atoms with Gasteiger partial charge in [-0.15, -0.1) is 5.10 Å². The third-order valence-electron chi connectivity index (χ3n) is 3.98. The largest absolute Gasteiger partial charge is 0.387 e. The number of aromatic nitrogens is 3. The maximum atomic E-state index is 12.4. The highest BCUT2D eigenvalue weighted by Gasteiger charge is 2.20. The standard InChI is InChI=1S/C19H18Cl2N4O2/c1-2-16-23-18(24-25(16)17-13(20)9-6-10-14(17)21)19(27)22-11-15(26)12-7-4-3-5-8-12/h3-10,15,26H,2,11H2,1H3,(H,22,27). The van der Waals surface area contributed by atoms with Crippen LogP contribution in [0.1, 0.15) is 35.0 Å². The Morgan fingerprint density at radius 1 is 1.15 bits per heavy atom. The van der Waals surface area contributed by atoms with E-state index >= 15 is 0 Å². The van der Waals surface area contributed by atoms with E-state index in [0.717, 1.165) is 0 Å². The van der Waals surface area contributed by atoms with E-state index in [-0.39, 0.29) is 12.4 Å². The molecule has 1 atom stereocenters. The molecule has 0 aliphatic rings. The van der Waals surface area contributed by atoms with E-state index in [0.29, 0.717) is 33.5 Å². The van der Waals surface area contributed by atoms with Crippen molar-refractivity contribution in [2.45, 2.75) is 19.4 Å². The van der Waals surface area contributed by atoms with Gasteiger partial charge in [-0.1, -0.05) is 66.5 Å². The summed E-state index contributed by atoms with van der Waals surface area (Å²) in [6.07, 6.45) is -0.282. The Labute approximate surface area is 166 Å². The molecule has 2 aromatic carbocycles. The molecule has 0 fully saturated rings. The molecule has 0 spiro atoms. The van der Waals surface area contributed by atoms with E-state index in [1.165, 1.54) is 4.68 Å². The van der Waals surface area contributed by atoms with Gasteiger partial charge >= 0.3 is 0 Å². The van der Waals surface area contributed by atoms with Crippen LogP contribution in [0.5, 0.6) is 0 Å². The molecule has 0 aliphatic heterocycles. The minimum atomic E-state index is -0.819. The molecule has 1 aromatic heterocycles. The van der Waals surface area contributed by atoms with Gasteiger partial charge in [0.2, 0.25) is 5.82 Å². The summed E-state index contributed by atoms with van der Waals surface area (Å²) in [7, 11) is 0. The number of hydrogen-bond donors (Lipinski definition) is 2. The molecule has 140 valence electrons. The summed E-state index contributed by atoms with van der Waals surface area (Å²) in [6.45, 7) is 1.94. The lowest BCUT2D eigenvalue weighted by Gasteiger charge is -2.11. The number of amides is 1. The second-order valence-electron chi connectivity index (χ2n) is 5.82. The van der Waals surface area contributed by atoms with Crippen molar-refractivity contribution < 1.29 is 9.90 Å². The van der Waals surface area contributed by atoms with Gasteiger partial charge in [-0.05, 0) is 17.7 Å². The molecule has 0 aliphatic carbocycles. The van der Waals surface area contributed by atoms with Crippen molar-refractivity contribution in [2.24, 2.45) is 0 Å². The predicted octanol–water partition coefficient (Wildman–Crippen LogP) is 3.60. The van der Waals surface area contributed by atoms with Crippen LogP contribution in [0, 0.1) is 0 Å². The number of carbonyl (C=O) groups excluding carboxylic acids is 1. The zero-order chi connectivity index (χ0) is 19.4. The molecule has 1 amide bonds. The topological polar surface area (TPSA) is 80.0 Å². The highest BCUT2D eigenvalue weighted by molar-refractivity contribution is 6.37. The number of hydrogen-bond acceptors (Lipinski definition) is 4. The van der Waals surface area contributed by atoms with Crippen LogP contribution in [0.25, 0.3) is 5.69 Å². The molecule has 6 nitrogen and oxygen atoms in total. The van der Waals surface area contributed by atoms with Crippen LogP contribution in [-0.4, -0.2) is 32.3 Å². The maximum Gasteiger partial charge on any atom is 0.291 e. The van der Waals surface area contributed by atoms with Gasteiger partial charge < -0.3 is 10.4 Å². The quantitative estimate of drug-likeness (QED) is 0.657. The van der Waals surface area contributed by atoms with E-state index < -0.39 is 12.0 Å². The van der Waals surface area contributed by atoms with Crippen LogP contribution in [0.4, 0.5) is 0 Å². The Balaban J connectivity index is 1.79. The Bertz CT molecular complexity index is 924. The van der Waals surface area contributed by atoms with Crippen LogP contribution >= 0.6 is 23.2 Å². The number of rotatable bonds is 6. The SMILES string of the molecule is CCc1nc(C(=O)NCC(O)c2ccccc2)nn1-c1c(Cl)cccc1Cl. The van der Waals surface area contributed by atoms with Gasteiger partial charge in [-0.25, -0.2) is 9.67 Å². The fourth-order valence-corrected chi connectivity index (χ4v) is 3.16. The Kier molecular flexibility index (Phi) is 6.11. The van der Waals surface area contributed by atoms with Crippen molar-refractivity contribution in [1.29, 1.82) is 0 Å². The summed E-state index contributed by atoms with van der Waals surface area (Å²) in [6, 6.07) is 14.2. The zero-order valence-corrected chi connectivity index (χ0v) is 16.1. The predicted molar refractivity (Wildman–Crippen MR) is 104 cm³/mol. The minimum absolute atomic E-state index is 0.0110. The Morgan fingerprint density at radius 2 is 1.81 bits per heavy atom. The molecular weight excluding hydrogens is 387 g/mol. The minimum Gasteiger partial charge on any atom is -0.387 e. The maximum absolute atomic E-state index is 12.4. The number of halogens is 2. The van der Waals surface area contributed by atoms with Crippen molar-refractivity contribution in [3.63, 3.8) is 0 Å². The lowest BCUT2D eigenvalue weighted by Crippen LogP contribution is -2.29. The molecule has 0 radical (unpaired) electrons. The Hall–Kier alpha value is -2.41. The average Bonchev–Trinajstić information content (AvgIpc) is 3.10. The normalized spacial score (nSPS) is 12.0. The molecule has 1 heterocycles. The van der Waals surface area contributed by atoms with E-state index in [1.807, 2.05) is 25.1 Å². The van der Waals surface area contributed by atoms with Crippen molar-refractivity contribution >= 4 is 29.1 Å². The highest BCUT2D eigenvalue weighted by Crippen LogP contribution is 2.28. The van der Waals surface area contributed by atoms with Crippen molar-refractivity contribution in [2.75, 3.05) is 6.54 Å². The number of nitrogens with zero attached hydrogens (tertiary/aromatic N) is 3. The molecule has 0 bridgehead atoms. The number of aliphatic hydroxyl groups excluding tert-OH is 1. The molecule has 3 rings (SSSR count). The second-order valence-corrected chi connectivity index (χ2v) is 6.64. The molecule has 0 saturated heterocycles.